The Morgan fingerprint density at radius 1 is 0.976 bits per heavy atom. The van der Waals surface area contributed by atoms with Gasteiger partial charge >= 0.3 is 11.9 Å². The first-order valence-corrected chi connectivity index (χ1v) is 12.6. The van der Waals surface area contributed by atoms with E-state index in [0.717, 1.165) is 5.56 Å². The SMILES string of the molecule is CC1=C(C(=O)OCCN(C)Cc2ccccc2)C(c2cccc([N+](=O)[O-])c2)C(C(=O)OCCCO[N+](=O)[O-])=C(N)N1. The zero-order valence-corrected chi connectivity index (χ0v) is 22.6. The number of carbonyl (C=O) groups excluding carboxylic acids is 2. The van der Waals surface area contributed by atoms with E-state index in [1.807, 2.05) is 42.3 Å². The van der Waals surface area contributed by atoms with E-state index in [-0.39, 0.29) is 54.5 Å². The number of non-ortho nitro benzene ring substituents is 1. The van der Waals surface area contributed by atoms with Gasteiger partial charge < -0.3 is 25.4 Å². The molecular formula is C27H31N5O9. The number of dihydropyridines is 1. The van der Waals surface area contributed by atoms with E-state index in [1.54, 1.807) is 6.92 Å². The molecule has 1 atom stereocenters. The van der Waals surface area contributed by atoms with Crippen molar-refractivity contribution in [3.05, 3.63) is 109 Å². The Morgan fingerprint density at radius 2 is 1.66 bits per heavy atom. The molecular weight excluding hydrogens is 538 g/mol. The van der Waals surface area contributed by atoms with Crippen LogP contribution in [0.5, 0.6) is 0 Å². The van der Waals surface area contributed by atoms with Crippen molar-refractivity contribution in [2.75, 3.05) is 33.4 Å². The van der Waals surface area contributed by atoms with Crippen LogP contribution in [0, 0.1) is 20.2 Å². The van der Waals surface area contributed by atoms with Gasteiger partial charge in [0, 0.05) is 37.3 Å². The summed E-state index contributed by atoms with van der Waals surface area (Å²) in [5.41, 5.74) is 7.45. The van der Waals surface area contributed by atoms with Gasteiger partial charge in [-0.15, -0.1) is 10.1 Å². The Kier molecular flexibility index (Phi) is 10.7. The molecule has 2 aromatic carbocycles. The summed E-state index contributed by atoms with van der Waals surface area (Å²) >= 11 is 0. The maximum atomic E-state index is 13.4. The van der Waals surface area contributed by atoms with Crippen molar-refractivity contribution in [3.63, 3.8) is 0 Å². The second kappa shape index (κ2) is 14.4. The Bertz CT molecular complexity index is 1340. The molecule has 0 bridgehead atoms. The van der Waals surface area contributed by atoms with Crippen molar-refractivity contribution in [1.29, 1.82) is 0 Å². The van der Waals surface area contributed by atoms with Gasteiger partial charge in [-0.25, -0.2) is 9.59 Å². The number of nitrogens with zero attached hydrogens (tertiary/aromatic N) is 3. The van der Waals surface area contributed by atoms with Crippen molar-refractivity contribution in [1.82, 2.24) is 10.2 Å². The van der Waals surface area contributed by atoms with Crippen LogP contribution in [-0.2, 0) is 30.4 Å². The van der Waals surface area contributed by atoms with Gasteiger partial charge in [-0.3, -0.25) is 15.0 Å². The predicted molar refractivity (Wildman–Crippen MR) is 145 cm³/mol. The van der Waals surface area contributed by atoms with E-state index >= 15 is 0 Å². The number of nitrogens with two attached hydrogens (primary N) is 1. The highest BCUT2D eigenvalue weighted by Gasteiger charge is 2.39. The van der Waals surface area contributed by atoms with Gasteiger partial charge in [0.1, 0.15) is 12.4 Å². The number of hydrogen-bond acceptors (Lipinski definition) is 12. The van der Waals surface area contributed by atoms with E-state index in [4.69, 9.17) is 15.2 Å². The average Bonchev–Trinajstić information content (AvgIpc) is 2.92. The molecule has 14 heteroatoms. The Labute approximate surface area is 235 Å². The van der Waals surface area contributed by atoms with E-state index in [2.05, 4.69) is 10.2 Å². The fourth-order valence-electron chi connectivity index (χ4n) is 4.29. The van der Waals surface area contributed by atoms with Crippen LogP contribution in [-0.4, -0.2) is 60.3 Å². The molecule has 3 N–H and O–H groups in total. The van der Waals surface area contributed by atoms with Crippen LogP contribution < -0.4 is 11.1 Å². The minimum Gasteiger partial charge on any atom is -0.462 e. The molecule has 1 aliphatic rings. The largest absolute Gasteiger partial charge is 0.462 e. The minimum atomic E-state index is -1.15. The van der Waals surface area contributed by atoms with Gasteiger partial charge in [0.2, 0.25) is 0 Å². The zero-order valence-electron chi connectivity index (χ0n) is 22.6. The van der Waals surface area contributed by atoms with Gasteiger partial charge in [-0.05, 0) is 25.1 Å². The lowest BCUT2D eigenvalue weighted by atomic mass is 9.81. The van der Waals surface area contributed by atoms with Crippen LogP contribution in [0.4, 0.5) is 5.69 Å². The normalized spacial score (nSPS) is 14.9. The van der Waals surface area contributed by atoms with Crippen molar-refractivity contribution >= 4 is 17.6 Å². The molecule has 218 valence electrons. The Morgan fingerprint density at radius 3 is 2.34 bits per heavy atom. The van der Waals surface area contributed by atoms with Crippen LogP contribution >= 0.6 is 0 Å². The van der Waals surface area contributed by atoms with Gasteiger partial charge in [-0.2, -0.15) is 0 Å². The molecule has 0 radical (unpaired) electrons. The summed E-state index contributed by atoms with van der Waals surface area (Å²) in [6.07, 6.45) is 0.0229. The molecule has 1 heterocycles. The predicted octanol–water partition coefficient (Wildman–Crippen LogP) is 2.54. The third-order valence-electron chi connectivity index (χ3n) is 6.17. The molecule has 0 aromatic heterocycles. The lowest BCUT2D eigenvalue weighted by Crippen LogP contribution is -2.36. The number of nitro groups is 1. The highest BCUT2D eigenvalue weighted by atomic mass is 16.9. The molecule has 0 fully saturated rings. The molecule has 1 unspecified atom stereocenters. The monoisotopic (exact) mass is 569 g/mol. The number of carbonyl (C=O) groups is 2. The molecule has 0 aliphatic carbocycles. The summed E-state index contributed by atoms with van der Waals surface area (Å²) in [5.74, 6) is -2.90. The van der Waals surface area contributed by atoms with Crippen molar-refractivity contribution in [2.24, 2.45) is 5.73 Å². The van der Waals surface area contributed by atoms with Gasteiger partial charge in [0.25, 0.3) is 10.8 Å². The molecule has 0 saturated carbocycles. The zero-order chi connectivity index (χ0) is 29.9. The number of likely N-dealkylation sites (N-methyl/N-ethyl adjacent to an activating group) is 1. The van der Waals surface area contributed by atoms with Gasteiger partial charge in [0.15, 0.2) is 0 Å². The molecule has 1 aliphatic heterocycles. The number of ether oxygens (including phenoxy) is 2. The first kappa shape index (κ1) is 30.6. The van der Waals surface area contributed by atoms with Crippen molar-refractivity contribution in [3.8, 4) is 0 Å². The third kappa shape index (κ3) is 8.50. The van der Waals surface area contributed by atoms with Crippen LogP contribution in [0.15, 0.2) is 77.3 Å². The minimum absolute atomic E-state index is 0.0229. The molecule has 2 aromatic rings. The Hall–Kier alpha value is -4.98. The fraction of sp³-hybridized carbons (Fsp3) is 0.333. The van der Waals surface area contributed by atoms with Crippen molar-refractivity contribution in [2.45, 2.75) is 25.8 Å². The number of esters is 2. The van der Waals surface area contributed by atoms with Gasteiger partial charge in [0.05, 0.1) is 35.2 Å². The Balaban J connectivity index is 1.81. The summed E-state index contributed by atoms with van der Waals surface area (Å²) < 4.78 is 10.8. The smallest absolute Gasteiger partial charge is 0.338 e. The van der Waals surface area contributed by atoms with E-state index in [1.165, 1.54) is 24.3 Å². The summed E-state index contributed by atoms with van der Waals surface area (Å²) in [7, 11) is 1.88. The van der Waals surface area contributed by atoms with Crippen LogP contribution in [0.3, 0.4) is 0 Å². The lowest BCUT2D eigenvalue weighted by molar-refractivity contribution is -0.757. The standard InChI is InChI=1S/C27H31N5O9/c1-18-22(26(33)40-15-12-30(2)17-19-8-4-3-5-9-19)23(20-10-6-11-21(16-20)31(35)36)24(25(28)29-18)27(34)39-13-7-14-41-32(37)38/h3-6,8-11,16,23,29H,7,12-15,17,28H2,1-2H3. The number of nitrogens with one attached hydrogen (secondary N) is 1. The maximum Gasteiger partial charge on any atom is 0.338 e. The molecule has 0 amide bonds. The molecule has 0 spiro atoms. The quantitative estimate of drug-likeness (QED) is 0.147. The van der Waals surface area contributed by atoms with Crippen molar-refractivity contribution < 1.29 is 33.9 Å². The number of nitro benzene ring substituents is 1. The van der Waals surface area contributed by atoms with E-state index in [9.17, 15) is 29.8 Å². The highest BCUT2D eigenvalue weighted by Crippen LogP contribution is 2.39. The van der Waals surface area contributed by atoms with E-state index in [0.29, 0.717) is 18.8 Å². The summed E-state index contributed by atoms with van der Waals surface area (Å²) in [6.45, 7) is 2.14. The molecule has 41 heavy (non-hydrogen) atoms. The van der Waals surface area contributed by atoms with E-state index < -0.39 is 27.9 Å². The summed E-state index contributed by atoms with van der Waals surface area (Å²) in [5, 5.41) is 23.7. The van der Waals surface area contributed by atoms with Gasteiger partial charge in [-0.1, -0.05) is 42.5 Å². The first-order chi connectivity index (χ1) is 19.6. The van der Waals surface area contributed by atoms with Crippen LogP contribution in [0.2, 0.25) is 0 Å². The number of benzene rings is 2. The third-order valence-corrected chi connectivity index (χ3v) is 6.17. The molecule has 0 saturated heterocycles. The first-order valence-electron chi connectivity index (χ1n) is 12.6. The number of allylic oxidation sites excluding steroid dienone is 1. The topological polar surface area (TPSA) is 189 Å². The summed E-state index contributed by atoms with van der Waals surface area (Å²) in [6, 6.07) is 15.3. The highest BCUT2D eigenvalue weighted by molar-refractivity contribution is 5.99. The summed E-state index contributed by atoms with van der Waals surface area (Å²) in [4.78, 5) is 54.0. The van der Waals surface area contributed by atoms with Crippen LogP contribution in [0.25, 0.3) is 0 Å². The van der Waals surface area contributed by atoms with Crippen LogP contribution in [0.1, 0.15) is 30.4 Å². The maximum absolute atomic E-state index is 13.4. The number of rotatable bonds is 14. The average molecular weight is 570 g/mol. The second-order valence-electron chi connectivity index (χ2n) is 9.18. The molecule has 14 nitrogen and oxygen atoms in total. The molecule has 3 rings (SSSR count). The lowest BCUT2D eigenvalue weighted by Gasteiger charge is -2.30. The second-order valence-corrected chi connectivity index (χ2v) is 9.18. The fourth-order valence-corrected chi connectivity index (χ4v) is 4.29. The number of hydrogen-bond donors (Lipinski definition) is 2.